The average molecular weight is 433 g/mol. The molecule has 4 rings (SSSR count). The molecule has 0 aliphatic carbocycles. The molecule has 0 spiro atoms. The van der Waals surface area contributed by atoms with Gasteiger partial charge in [0.05, 0.1) is 0 Å². The van der Waals surface area contributed by atoms with E-state index >= 15 is 0 Å². The third-order valence-corrected chi connectivity index (χ3v) is 5.57. The molecule has 156 valence electrons. The summed E-state index contributed by atoms with van der Waals surface area (Å²) in [6.45, 7) is 4.04. The summed E-state index contributed by atoms with van der Waals surface area (Å²) in [6, 6.07) is 21.4. The Bertz CT molecular complexity index is 1140. The van der Waals surface area contributed by atoms with E-state index in [9.17, 15) is 9.59 Å². The second-order valence-electron chi connectivity index (χ2n) is 7.74. The summed E-state index contributed by atoms with van der Waals surface area (Å²) in [7, 11) is 0. The number of hydrogen-bond donors (Lipinski definition) is 2. The summed E-state index contributed by atoms with van der Waals surface area (Å²) in [4.78, 5) is 25.7. The van der Waals surface area contributed by atoms with Gasteiger partial charge in [-0.2, -0.15) is 0 Å². The highest BCUT2D eigenvalue weighted by Gasteiger charge is 2.47. The van der Waals surface area contributed by atoms with E-state index in [-0.39, 0.29) is 11.8 Å². The molecule has 3 aromatic rings. The van der Waals surface area contributed by atoms with Gasteiger partial charge in [-0.1, -0.05) is 59.1 Å². The fourth-order valence-electron chi connectivity index (χ4n) is 3.58. The standard InChI is InChI=1S/C25H22ClN3O2/c1-16-3-7-18(8-4-16)15-29-23(19-9-5-17(2)6-10-19)22(25(31)28-29)27-24(30)20-11-13-21(26)14-12-20/h3-15,22-23H,1-2H3,(H-,27,28,30,31)/p+1/b29-15-/t22-,23-/m1/s1. The average Bonchev–Trinajstić information content (AvgIpc) is 3.05. The molecule has 2 amide bonds. The second-order valence-corrected chi connectivity index (χ2v) is 8.17. The number of aryl methyl sites for hydroxylation is 2. The second kappa shape index (κ2) is 8.74. The predicted molar refractivity (Wildman–Crippen MR) is 121 cm³/mol. The minimum Gasteiger partial charge on any atom is -0.334 e. The Kier molecular flexibility index (Phi) is 5.87. The van der Waals surface area contributed by atoms with Crippen molar-refractivity contribution in [3.05, 3.63) is 106 Å². The first-order valence-corrected chi connectivity index (χ1v) is 10.4. The SMILES string of the molecule is Cc1ccc(/C=[N+]2\NC(=O)[C@H](NC(=O)c3ccc(Cl)cc3)[C@H]2c2ccc(C)cc2)cc1. The van der Waals surface area contributed by atoms with Crippen LogP contribution in [0.3, 0.4) is 0 Å². The van der Waals surface area contributed by atoms with Crippen molar-refractivity contribution in [2.24, 2.45) is 0 Å². The van der Waals surface area contributed by atoms with Gasteiger partial charge in [0.15, 0.2) is 6.04 Å². The number of hydrazine groups is 1. The Morgan fingerprint density at radius 2 is 1.52 bits per heavy atom. The van der Waals surface area contributed by atoms with Crippen LogP contribution in [0.4, 0.5) is 0 Å². The molecule has 1 aliphatic rings. The van der Waals surface area contributed by atoms with E-state index in [0.717, 1.165) is 22.3 Å². The van der Waals surface area contributed by atoms with Crippen LogP contribution < -0.4 is 10.7 Å². The lowest BCUT2D eigenvalue weighted by Gasteiger charge is -2.15. The zero-order valence-electron chi connectivity index (χ0n) is 17.3. The molecule has 2 atom stereocenters. The molecule has 1 aliphatic heterocycles. The van der Waals surface area contributed by atoms with Crippen LogP contribution in [0.1, 0.15) is 38.7 Å². The molecular weight excluding hydrogens is 410 g/mol. The Morgan fingerprint density at radius 3 is 2.13 bits per heavy atom. The van der Waals surface area contributed by atoms with Gasteiger partial charge in [0, 0.05) is 21.7 Å². The van der Waals surface area contributed by atoms with Gasteiger partial charge >= 0.3 is 5.91 Å². The van der Waals surface area contributed by atoms with Crippen LogP contribution in [0.25, 0.3) is 0 Å². The largest absolute Gasteiger partial charge is 0.334 e. The van der Waals surface area contributed by atoms with Crippen LogP contribution >= 0.6 is 11.6 Å². The monoisotopic (exact) mass is 432 g/mol. The van der Waals surface area contributed by atoms with Crippen LogP contribution in [0.5, 0.6) is 0 Å². The fourth-order valence-corrected chi connectivity index (χ4v) is 3.71. The normalized spacial score (nSPS) is 19.3. The molecule has 1 heterocycles. The van der Waals surface area contributed by atoms with Gasteiger partial charge < -0.3 is 5.32 Å². The van der Waals surface area contributed by atoms with E-state index in [4.69, 9.17) is 11.6 Å². The Hall–Kier alpha value is -3.44. The van der Waals surface area contributed by atoms with E-state index in [0.29, 0.717) is 10.6 Å². The number of rotatable bonds is 4. The molecule has 2 N–H and O–H groups in total. The maximum atomic E-state index is 12.9. The minimum absolute atomic E-state index is 0.267. The Labute approximate surface area is 186 Å². The highest BCUT2D eigenvalue weighted by atomic mass is 35.5. The van der Waals surface area contributed by atoms with Crippen molar-refractivity contribution in [3.63, 3.8) is 0 Å². The Balaban J connectivity index is 1.69. The topological polar surface area (TPSA) is 61.2 Å². The van der Waals surface area contributed by atoms with Gasteiger partial charge in [-0.3, -0.25) is 9.59 Å². The number of halogens is 1. The minimum atomic E-state index is -0.757. The third kappa shape index (κ3) is 4.67. The maximum absolute atomic E-state index is 12.9. The summed E-state index contributed by atoms with van der Waals surface area (Å²) in [6.07, 6.45) is 1.89. The highest BCUT2D eigenvalue weighted by Crippen LogP contribution is 2.26. The third-order valence-electron chi connectivity index (χ3n) is 5.31. The number of nitrogens with one attached hydrogen (secondary N) is 2. The van der Waals surface area contributed by atoms with Crippen molar-refractivity contribution in [3.8, 4) is 0 Å². The zero-order chi connectivity index (χ0) is 22.0. The van der Waals surface area contributed by atoms with Crippen molar-refractivity contribution in [1.29, 1.82) is 0 Å². The molecule has 0 radical (unpaired) electrons. The molecule has 0 unspecified atom stereocenters. The molecule has 0 saturated carbocycles. The van der Waals surface area contributed by atoms with Crippen molar-refractivity contribution in [2.45, 2.75) is 25.9 Å². The number of carbonyl (C=O) groups is 2. The van der Waals surface area contributed by atoms with Gasteiger partial charge in [0.2, 0.25) is 12.3 Å². The van der Waals surface area contributed by atoms with Crippen LogP contribution in [0.2, 0.25) is 5.02 Å². The molecule has 1 saturated heterocycles. The van der Waals surface area contributed by atoms with Crippen molar-refractivity contribution in [2.75, 3.05) is 0 Å². The molecule has 3 aromatic carbocycles. The number of benzene rings is 3. The first kappa shape index (κ1) is 20.8. The van der Waals surface area contributed by atoms with E-state index < -0.39 is 12.1 Å². The Morgan fingerprint density at radius 1 is 0.935 bits per heavy atom. The van der Waals surface area contributed by atoms with Gasteiger partial charge in [-0.25, -0.2) is 0 Å². The number of carbonyl (C=O) groups excluding carboxylic acids is 2. The number of amides is 2. The molecule has 0 bridgehead atoms. The smallest absolute Gasteiger partial charge is 0.304 e. The van der Waals surface area contributed by atoms with Gasteiger partial charge in [-0.15, -0.1) is 10.1 Å². The highest BCUT2D eigenvalue weighted by molar-refractivity contribution is 6.30. The number of hydrogen-bond acceptors (Lipinski definition) is 2. The van der Waals surface area contributed by atoms with Crippen LogP contribution in [-0.2, 0) is 4.79 Å². The molecule has 1 fully saturated rings. The van der Waals surface area contributed by atoms with Crippen molar-refractivity contribution < 1.29 is 14.3 Å². The first-order chi connectivity index (χ1) is 14.9. The lowest BCUT2D eigenvalue weighted by Crippen LogP contribution is -2.42. The van der Waals surface area contributed by atoms with E-state index in [2.05, 4.69) is 10.7 Å². The van der Waals surface area contributed by atoms with Gasteiger partial charge in [0.1, 0.15) is 0 Å². The number of nitrogens with zero attached hydrogens (tertiary/aromatic N) is 1. The van der Waals surface area contributed by atoms with E-state index in [1.165, 1.54) is 0 Å². The van der Waals surface area contributed by atoms with Crippen LogP contribution in [-0.4, -0.2) is 28.8 Å². The summed E-state index contributed by atoms with van der Waals surface area (Å²) in [5.41, 5.74) is 7.50. The van der Waals surface area contributed by atoms with Gasteiger partial charge in [0.25, 0.3) is 5.91 Å². The molecule has 5 nitrogen and oxygen atoms in total. The lowest BCUT2D eigenvalue weighted by molar-refractivity contribution is -0.596. The summed E-state index contributed by atoms with van der Waals surface area (Å²) >= 11 is 5.93. The number of hydrazone groups is 1. The van der Waals surface area contributed by atoms with E-state index in [1.54, 1.807) is 28.9 Å². The maximum Gasteiger partial charge on any atom is 0.304 e. The predicted octanol–water partition coefficient (Wildman–Crippen LogP) is 3.97. The fraction of sp³-hybridized carbons (Fsp3) is 0.160. The molecule has 6 heteroatoms. The quantitative estimate of drug-likeness (QED) is 0.613. The summed E-state index contributed by atoms with van der Waals surface area (Å²) < 4.78 is 1.77. The molecular formula is C25H23ClN3O2+. The molecule has 31 heavy (non-hydrogen) atoms. The van der Waals surface area contributed by atoms with Crippen molar-refractivity contribution >= 4 is 29.6 Å². The van der Waals surface area contributed by atoms with Crippen molar-refractivity contribution in [1.82, 2.24) is 10.7 Å². The summed E-state index contributed by atoms with van der Waals surface area (Å²) in [5.74, 6) is -0.595. The van der Waals surface area contributed by atoms with Crippen LogP contribution in [0, 0.1) is 13.8 Å². The summed E-state index contributed by atoms with van der Waals surface area (Å²) in [5, 5.41) is 3.44. The zero-order valence-corrected chi connectivity index (χ0v) is 18.1. The first-order valence-electron chi connectivity index (χ1n) is 10.0. The van der Waals surface area contributed by atoms with E-state index in [1.807, 2.05) is 68.6 Å². The van der Waals surface area contributed by atoms with Gasteiger partial charge in [-0.05, 0) is 50.2 Å². The molecule has 0 aromatic heterocycles. The van der Waals surface area contributed by atoms with Crippen LogP contribution in [0.15, 0.2) is 72.8 Å². The lowest BCUT2D eigenvalue weighted by atomic mass is 9.98.